The molecule has 2 atom stereocenters. The zero-order chi connectivity index (χ0) is 18.9. The first-order chi connectivity index (χ1) is 12.2. The maximum Gasteiger partial charge on any atom is 0.416 e. The molecule has 8 heteroatoms. The molecule has 3 N–H and O–H groups in total. The van der Waals surface area contributed by atoms with Gasteiger partial charge in [0.05, 0.1) is 5.56 Å². The van der Waals surface area contributed by atoms with Crippen molar-refractivity contribution in [1.29, 1.82) is 0 Å². The first-order valence-corrected chi connectivity index (χ1v) is 7.83. The quantitative estimate of drug-likeness (QED) is 0.876. The van der Waals surface area contributed by atoms with E-state index < -0.39 is 29.3 Å². The number of rotatable bonds is 3. The van der Waals surface area contributed by atoms with E-state index in [1.807, 2.05) is 0 Å². The predicted octanol–water partition coefficient (Wildman–Crippen LogP) is 2.13. The second-order valence-electron chi connectivity index (χ2n) is 6.05. The van der Waals surface area contributed by atoms with Crippen LogP contribution in [-0.2, 0) is 16.6 Å². The van der Waals surface area contributed by atoms with E-state index in [-0.39, 0.29) is 18.5 Å². The molecule has 1 fully saturated rings. The highest BCUT2D eigenvalue weighted by Crippen LogP contribution is 2.39. The smallest absolute Gasteiger partial charge is 0.384 e. The number of amides is 1. The normalized spacial score (nSPS) is 23.7. The number of primary amides is 1. The minimum atomic E-state index is -4.54. The first kappa shape index (κ1) is 18.2. The fourth-order valence-corrected chi connectivity index (χ4v) is 2.98. The Kier molecular flexibility index (Phi) is 4.62. The number of benzene rings is 1. The number of alkyl halides is 3. The molecule has 1 saturated heterocycles. The van der Waals surface area contributed by atoms with Gasteiger partial charge in [-0.3, -0.25) is 4.79 Å². The topological polar surface area (TPSA) is 79.5 Å². The van der Waals surface area contributed by atoms with Crippen LogP contribution >= 0.6 is 0 Å². The highest BCUT2D eigenvalue weighted by molar-refractivity contribution is 5.84. The van der Waals surface area contributed by atoms with Crippen LogP contribution < -0.4 is 10.6 Å². The van der Waals surface area contributed by atoms with Crippen LogP contribution in [0.2, 0.25) is 0 Å². The van der Waals surface area contributed by atoms with Crippen LogP contribution in [0.15, 0.2) is 48.7 Å². The molecular formula is C18H16F3N3O2. The van der Waals surface area contributed by atoms with Crippen molar-refractivity contribution in [2.45, 2.75) is 24.2 Å². The fraction of sp³-hybridized carbons (Fsp3) is 0.278. The molecule has 2 aromatic rings. The molecule has 1 amide bonds. The summed E-state index contributed by atoms with van der Waals surface area (Å²) in [7, 11) is 0. The van der Waals surface area contributed by atoms with Crippen molar-refractivity contribution in [3.05, 3.63) is 66.2 Å². The molecule has 3 rings (SSSR count). The second kappa shape index (κ2) is 6.60. The minimum Gasteiger partial charge on any atom is -0.384 e. The third-order valence-corrected chi connectivity index (χ3v) is 4.35. The zero-order valence-electron chi connectivity index (χ0n) is 13.6. The number of nitrogens with zero attached hydrogens (tertiary/aromatic N) is 2. The molecule has 0 bridgehead atoms. The Labute approximate surface area is 148 Å². The molecule has 1 aliphatic rings. The summed E-state index contributed by atoms with van der Waals surface area (Å²) in [5, 5.41) is 10.9. The van der Waals surface area contributed by atoms with Gasteiger partial charge in [-0.05, 0) is 29.8 Å². The fourth-order valence-electron chi connectivity index (χ4n) is 2.98. The van der Waals surface area contributed by atoms with Crippen molar-refractivity contribution in [3.63, 3.8) is 0 Å². The molecule has 2 radical (unpaired) electrons. The molecule has 2 unspecified atom stereocenters. The Morgan fingerprint density at radius 3 is 2.69 bits per heavy atom. The SMILES string of the molecule is NC(=O)C1CC(O)(c2cccc(C(F)(F)F)c2)[C]CN1c1ccccn1. The lowest BCUT2D eigenvalue weighted by atomic mass is 9.80. The first-order valence-electron chi connectivity index (χ1n) is 7.83. The van der Waals surface area contributed by atoms with Crippen molar-refractivity contribution >= 4 is 11.7 Å². The summed E-state index contributed by atoms with van der Waals surface area (Å²) >= 11 is 0. The van der Waals surface area contributed by atoms with Crippen LogP contribution in [0.5, 0.6) is 0 Å². The number of carbonyl (C=O) groups excluding carboxylic acids is 1. The lowest BCUT2D eigenvalue weighted by molar-refractivity contribution is -0.137. The number of hydrogen-bond donors (Lipinski definition) is 2. The number of anilines is 1. The largest absolute Gasteiger partial charge is 0.416 e. The zero-order valence-corrected chi connectivity index (χ0v) is 13.6. The van der Waals surface area contributed by atoms with Gasteiger partial charge in [0.1, 0.15) is 17.5 Å². The van der Waals surface area contributed by atoms with Gasteiger partial charge in [-0.15, -0.1) is 0 Å². The third-order valence-electron chi connectivity index (χ3n) is 4.35. The van der Waals surface area contributed by atoms with Gasteiger partial charge in [-0.1, -0.05) is 18.2 Å². The summed E-state index contributed by atoms with van der Waals surface area (Å²) in [4.78, 5) is 17.6. The summed E-state index contributed by atoms with van der Waals surface area (Å²) in [6, 6.07) is 8.53. The molecule has 1 aromatic carbocycles. The summed E-state index contributed by atoms with van der Waals surface area (Å²) in [5.74, 6) is -0.238. The molecule has 0 saturated carbocycles. The Bertz CT molecular complexity index is 798. The van der Waals surface area contributed by atoms with Gasteiger partial charge in [0.15, 0.2) is 0 Å². The van der Waals surface area contributed by atoms with Crippen LogP contribution in [0.4, 0.5) is 19.0 Å². The Morgan fingerprint density at radius 1 is 1.31 bits per heavy atom. The molecule has 1 aromatic heterocycles. The minimum absolute atomic E-state index is 0.0132. The number of hydrogen-bond acceptors (Lipinski definition) is 4. The number of aliphatic hydroxyl groups is 1. The standard InChI is InChI=1S/C18H16F3N3O2/c19-18(20,21)13-5-3-4-12(10-13)17(26)7-9-24(14(11-17)16(22)25)15-6-1-2-8-23-15/h1-6,8,10,14,26H,9,11H2,(H2,22,25). The van der Waals surface area contributed by atoms with Gasteiger partial charge in [0.2, 0.25) is 5.91 Å². The van der Waals surface area contributed by atoms with Crippen molar-refractivity contribution < 1.29 is 23.1 Å². The highest BCUT2D eigenvalue weighted by Gasteiger charge is 2.44. The van der Waals surface area contributed by atoms with Gasteiger partial charge in [0, 0.05) is 25.6 Å². The van der Waals surface area contributed by atoms with Gasteiger partial charge < -0.3 is 15.7 Å². The molecule has 1 aliphatic heterocycles. The van der Waals surface area contributed by atoms with E-state index in [1.54, 1.807) is 29.3 Å². The molecule has 26 heavy (non-hydrogen) atoms. The van der Waals surface area contributed by atoms with E-state index in [0.29, 0.717) is 5.82 Å². The van der Waals surface area contributed by atoms with Gasteiger partial charge >= 0.3 is 6.18 Å². The van der Waals surface area contributed by atoms with E-state index in [9.17, 15) is 23.1 Å². The van der Waals surface area contributed by atoms with Crippen molar-refractivity contribution in [1.82, 2.24) is 4.98 Å². The maximum absolute atomic E-state index is 13.0. The van der Waals surface area contributed by atoms with E-state index >= 15 is 0 Å². The molecule has 0 aliphatic carbocycles. The number of aromatic nitrogens is 1. The molecule has 0 spiro atoms. The monoisotopic (exact) mass is 363 g/mol. The van der Waals surface area contributed by atoms with Crippen LogP contribution in [0.3, 0.4) is 0 Å². The van der Waals surface area contributed by atoms with Gasteiger partial charge in [0.25, 0.3) is 0 Å². The van der Waals surface area contributed by atoms with E-state index in [2.05, 4.69) is 11.4 Å². The third kappa shape index (κ3) is 3.50. The van der Waals surface area contributed by atoms with E-state index in [4.69, 9.17) is 5.73 Å². The number of halogens is 3. The summed E-state index contributed by atoms with van der Waals surface area (Å²) in [6.07, 6.45) is -0.427. The van der Waals surface area contributed by atoms with Crippen molar-refractivity contribution in [2.75, 3.05) is 11.4 Å². The summed E-state index contributed by atoms with van der Waals surface area (Å²) in [6.45, 7) is -0.0165. The summed E-state index contributed by atoms with van der Waals surface area (Å²) < 4.78 is 38.9. The van der Waals surface area contributed by atoms with Crippen LogP contribution in [0, 0.1) is 6.42 Å². The van der Waals surface area contributed by atoms with E-state index in [1.165, 1.54) is 12.1 Å². The molecule has 2 heterocycles. The van der Waals surface area contributed by atoms with Crippen LogP contribution in [0.1, 0.15) is 17.5 Å². The summed E-state index contributed by atoms with van der Waals surface area (Å²) in [5.41, 5.74) is 2.77. The maximum atomic E-state index is 13.0. The lowest BCUT2D eigenvalue weighted by Crippen LogP contribution is -2.55. The van der Waals surface area contributed by atoms with Gasteiger partial charge in [-0.2, -0.15) is 13.2 Å². The number of pyridine rings is 1. The van der Waals surface area contributed by atoms with Gasteiger partial charge in [-0.25, -0.2) is 4.98 Å². The van der Waals surface area contributed by atoms with Crippen LogP contribution in [0.25, 0.3) is 0 Å². The second-order valence-corrected chi connectivity index (χ2v) is 6.05. The lowest BCUT2D eigenvalue weighted by Gasteiger charge is -2.43. The highest BCUT2D eigenvalue weighted by atomic mass is 19.4. The molecule has 5 nitrogen and oxygen atoms in total. The molecular weight excluding hydrogens is 347 g/mol. The Hall–Kier alpha value is -2.61. The number of nitrogens with two attached hydrogens (primary N) is 1. The van der Waals surface area contributed by atoms with Crippen LogP contribution in [-0.4, -0.2) is 28.6 Å². The number of piperidine rings is 1. The van der Waals surface area contributed by atoms with Crippen molar-refractivity contribution in [3.8, 4) is 0 Å². The average molecular weight is 363 g/mol. The Morgan fingerprint density at radius 2 is 2.08 bits per heavy atom. The van der Waals surface area contributed by atoms with E-state index in [0.717, 1.165) is 12.1 Å². The Balaban J connectivity index is 1.92. The molecule has 136 valence electrons. The number of carbonyl (C=O) groups is 1. The van der Waals surface area contributed by atoms with Crippen molar-refractivity contribution in [2.24, 2.45) is 5.73 Å². The predicted molar refractivity (Wildman–Crippen MR) is 87.8 cm³/mol. The average Bonchev–Trinajstić information content (AvgIpc) is 2.62.